The maximum Gasteiger partial charge on any atom is 0.251 e. The van der Waals surface area contributed by atoms with E-state index in [0.717, 1.165) is 16.0 Å². The quantitative estimate of drug-likeness (QED) is 0.415. The molecule has 6 heteroatoms. The molecule has 0 fully saturated rings. The first kappa shape index (κ1) is 14.0. The van der Waals surface area contributed by atoms with Gasteiger partial charge in [0.1, 0.15) is 6.26 Å². The Balaban J connectivity index is 1.72. The lowest BCUT2D eigenvalue weighted by Gasteiger charge is -2.01. The minimum Gasteiger partial charge on any atom is -0.618 e. The predicted octanol–water partition coefficient (Wildman–Crippen LogP) is 3.92. The Hall–Kier alpha value is -1.98. The summed E-state index contributed by atoms with van der Waals surface area (Å²) in [5, 5.41) is 12.8. The molecule has 106 valence electrons. The summed E-state index contributed by atoms with van der Waals surface area (Å²) >= 11 is 7.36. The van der Waals surface area contributed by atoms with Crippen LogP contribution in [0.2, 0.25) is 5.02 Å². The Labute approximate surface area is 131 Å². The summed E-state index contributed by atoms with van der Waals surface area (Å²) < 4.78 is 6.29. The second-order valence-corrected chi connectivity index (χ2v) is 5.74. The van der Waals surface area contributed by atoms with Gasteiger partial charge in [0, 0.05) is 28.5 Å². The van der Waals surface area contributed by atoms with Gasteiger partial charge in [-0.1, -0.05) is 17.7 Å². The smallest absolute Gasteiger partial charge is 0.251 e. The van der Waals surface area contributed by atoms with Gasteiger partial charge in [0.2, 0.25) is 5.89 Å². The van der Waals surface area contributed by atoms with Crippen molar-refractivity contribution in [2.24, 2.45) is 0 Å². The van der Waals surface area contributed by atoms with Gasteiger partial charge in [0.05, 0.1) is 5.69 Å². The Morgan fingerprint density at radius 3 is 2.95 bits per heavy atom. The molecule has 0 atom stereocenters. The minimum absolute atomic E-state index is 0.524. The summed E-state index contributed by atoms with van der Waals surface area (Å²) in [5.74, 6) is 1.09. The lowest BCUT2D eigenvalue weighted by atomic mass is 10.2. The van der Waals surface area contributed by atoms with Crippen molar-refractivity contribution >= 4 is 23.4 Å². The zero-order chi connectivity index (χ0) is 14.7. The molecule has 0 saturated heterocycles. The number of halogens is 1. The van der Waals surface area contributed by atoms with Crippen molar-refractivity contribution in [1.29, 1.82) is 0 Å². The number of benzene rings is 1. The zero-order valence-corrected chi connectivity index (χ0v) is 12.5. The van der Waals surface area contributed by atoms with Gasteiger partial charge in [0.25, 0.3) is 5.03 Å². The average molecular weight is 319 g/mol. The number of aromatic nitrogens is 2. The second-order valence-electron chi connectivity index (χ2n) is 4.31. The van der Waals surface area contributed by atoms with E-state index in [1.54, 1.807) is 30.5 Å². The van der Waals surface area contributed by atoms with E-state index in [9.17, 15) is 5.21 Å². The minimum atomic E-state index is 0.524. The molecule has 0 N–H and O–H groups in total. The molecule has 4 nitrogen and oxygen atoms in total. The molecule has 0 aliphatic carbocycles. The fraction of sp³-hybridized carbons (Fsp3) is 0.0667. The number of oxazole rings is 1. The molecule has 0 saturated carbocycles. The lowest BCUT2D eigenvalue weighted by Crippen LogP contribution is -2.27. The number of hydrogen-bond acceptors (Lipinski definition) is 4. The van der Waals surface area contributed by atoms with E-state index in [2.05, 4.69) is 4.98 Å². The van der Waals surface area contributed by atoms with Crippen molar-refractivity contribution < 1.29 is 9.15 Å². The van der Waals surface area contributed by atoms with Crippen LogP contribution < -0.4 is 4.73 Å². The van der Waals surface area contributed by atoms with Crippen LogP contribution in [0.1, 0.15) is 5.69 Å². The third-order valence-electron chi connectivity index (χ3n) is 2.78. The van der Waals surface area contributed by atoms with E-state index >= 15 is 0 Å². The third-order valence-corrected chi connectivity index (χ3v) is 4.07. The first-order valence-electron chi connectivity index (χ1n) is 6.24. The predicted molar refractivity (Wildman–Crippen MR) is 81.9 cm³/mol. The van der Waals surface area contributed by atoms with E-state index in [-0.39, 0.29) is 0 Å². The topological polar surface area (TPSA) is 53.0 Å². The summed E-state index contributed by atoms with van der Waals surface area (Å²) in [6.45, 7) is 0. The van der Waals surface area contributed by atoms with E-state index in [1.165, 1.54) is 18.0 Å². The van der Waals surface area contributed by atoms with Gasteiger partial charge in [-0.25, -0.2) is 4.98 Å². The normalized spacial score (nSPS) is 10.7. The van der Waals surface area contributed by atoms with Crippen molar-refractivity contribution in [2.75, 3.05) is 0 Å². The number of thioether (sulfide) groups is 1. The molecule has 0 spiro atoms. The van der Waals surface area contributed by atoms with Gasteiger partial charge >= 0.3 is 0 Å². The molecule has 0 radical (unpaired) electrons. The molecule has 2 aromatic heterocycles. The number of hydrogen-bond donors (Lipinski definition) is 0. The zero-order valence-electron chi connectivity index (χ0n) is 10.9. The Morgan fingerprint density at radius 1 is 1.24 bits per heavy atom. The molecule has 0 unspecified atom stereocenters. The molecule has 1 aromatic carbocycles. The number of rotatable bonds is 4. The fourth-order valence-corrected chi connectivity index (χ4v) is 2.78. The van der Waals surface area contributed by atoms with Crippen molar-refractivity contribution in [3.63, 3.8) is 0 Å². The molecular weight excluding hydrogens is 308 g/mol. The van der Waals surface area contributed by atoms with Crippen molar-refractivity contribution in [3.8, 4) is 11.5 Å². The maximum absolute atomic E-state index is 11.5. The largest absolute Gasteiger partial charge is 0.618 e. The van der Waals surface area contributed by atoms with Crippen LogP contribution in [0.3, 0.4) is 0 Å². The average Bonchev–Trinajstić information content (AvgIpc) is 2.95. The highest BCUT2D eigenvalue weighted by Crippen LogP contribution is 2.24. The van der Waals surface area contributed by atoms with Crippen molar-refractivity contribution in [1.82, 2.24) is 4.98 Å². The number of nitrogens with zero attached hydrogens (tertiary/aromatic N) is 2. The van der Waals surface area contributed by atoms with Gasteiger partial charge in [0.15, 0.2) is 6.20 Å². The Morgan fingerprint density at radius 2 is 2.14 bits per heavy atom. The number of pyridine rings is 1. The Bertz CT molecular complexity index is 761. The van der Waals surface area contributed by atoms with Gasteiger partial charge in [-0.3, -0.25) is 0 Å². The van der Waals surface area contributed by atoms with Crippen LogP contribution in [0.25, 0.3) is 11.5 Å². The van der Waals surface area contributed by atoms with Gasteiger partial charge in [-0.2, -0.15) is 4.73 Å². The van der Waals surface area contributed by atoms with Crippen LogP contribution in [0.15, 0.2) is 64.4 Å². The maximum atomic E-state index is 11.5. The second kappa shape index (κ2) is 6.20. The van der Waals surface area contributed by atoms with E-state index < -0.39 is 0 Å². The molecule has 0 amide bonds. The lowest BCUT2D eigenvalue weighted by molar-refractivity contribution is -0.645. The molecule has 2 heterocycles. The SMILES string of the molecule is [O-][n+]1ccccc1SCc1coc(-c2cccc(Cl)c2)n1. The first-order chi connectivity index (χ1) is 10.2. The van der Waals surface area contributed by atoms with Crippen LogP contribution >= 0.6 is 23.4 Å². The molecule has 3 aromatic rings. The Kier molecular flexibility index (Phi) is 4.13. The first-order valence-corrected chi connectivity index (χ1v) is 7.60. The van der Waals surface area contributed by atoms with Crippen molar-refractivity contribution in [3.05, 3.63) is 70.8 Å². The van der Waals surface area contributed by atoms with E-state index in [1.807, 2.05) is 18.2 Å². The molecule has 0 bridgehead atoms. The van der Waals surface area contributed by atoms with Crippen molar-refractivity contribution in [2.45, 2.75) is 10.8 Å². The molecule has 21 heavy (non-hydrogen) atoms. The summed E-state index contributed by atoms with van der Waals surface area (Å²) in [7, 11) is 0. The van der Waals surface area contributed by atoms with E-state index in [0.29, 0.717) is 21.7 Å². The van der Waals surface area contributed by atoms with Gasteiger partial charge < -0.3 is 9.62 Å². The van der Waals surface area contributed by atoms with Gasteiger partial charge in [-0.05, 0) is 36.0 Å². The molecule has 3 rings (SSSR count). The molecule has 0 aliphatic heterocycles. The summed E-state index contributed by atoms with van der Waals surface area (Å²) in [5.41, 5.74) is 1.61. The highest BCUT2D eigenvalue weighted by atomic mass is 35.5. The molecule has 0 aliphatic rings. The highest BCUT2D eigenvalue weighted by Gasteiger charge is 2.10. The standard InChI is InChI=1S/C15H11ClN2O2S/c16-12-5-3-4-11(8-12)15-17-13(9-20-15)10-21-14-6-1-2-7-18(14)19/h1-9H,10H2. The van der Waals surface area contributed by atoms with Crippen LogP contribution in [0, 0.1) is 5.21 Å². The van der Waals surface area contributed by atoms with Gasteiger partial charge in [-0.15, -0.1) is 0 Å². The summed E-state index contributed by atoms with van der Waals surface area (Å²) in [6, 6.07) is 12.6. The summed E-state index contributed by atoms with van der Waals surface area (Å²) in [4.78, 5) is 4.41. The monoisotopic (exact) mass is 318 g/mol. The summed E-state index contributed by atoms with van der Waals surface area (Å²) in [6.07, 6.45) is 3.07. The van der Waals surface area contributed by atoms with E-state index in [4.69, 9.17) is 16.0 Å². The van der Waals surface area contributed by atoms with Crippen LogP contribution in [-0.4, -0.2) is 4.98 Å². The fourth-order valence-electron chi connectivity index (χ4n) is 1.80. The highest BCUT2D eigenvalue weighted by molar-refractivity contribution is 7.98. The van der Waals surface area contributed by atoms with Crippen LogP contribution in [0.5, 0.6) is 0 Å². The van der Waals surface area contributed by atoms with Crippen LogP contribution in [-0.2, 0) is 5.75 Å². The third kappa shape index (κ3) is 3.37. The van der Waals surface area contributed by atoms with Crippen LogP contribution in [0.4, 0.5) is 0 Å². The molecular formula is C15H11ClN2O2S.